The quantitative estimate of drug-likeness (QED) is 0.490. The zero-order valence-electron chi connectivity index (χ0n) is 12.0. The molecule has 4 fully saturated rings. The van der Waals surface area contributed by atoms with Gasteiger partial charge < -0.3 is 10.1 Å². The van der Waals surface area contributed by atoms with E-state index in [1.807, 2.05) is 0 Å². The Morgan fingerprint density at radius 1 is 1.29 bits per heavy atom. The third-order valence-corrected chi connectivity index (χ3v) is 5.59. The van der Waals surface area contributed by atoms with Crippen molar-refractivity contribution in [3.05, 3.63) is 0 Å². The first kappa shape index (κ1) is 14.7. The van der Waals surface area contributed by atoms with Gasteiger partial charge in [-0.25, -0.2) is 0 Å². The number of alkyl halides is 1. The van der Waals surface area contributed by atoms with Crippen LogP contribution in [0.15, 0.2) is 0 Å². The number of hydrogen-bond acceptors (Lipinski definition) is 3. The summed E-state index contributed by atoms with van der Waals surface area (Å²) in [6, 6.07) is 0. The SMILES string of the molecule is C#CCNC(=O)COC(=O)C12C[C@@H]3C[C@@H](CC(Cl)(C3)C1)C2. The predicted octanol–water partition coefficient (Wildman–Crippen LogP) is 1.86. The third-order valence-electron chi connectivity index (χ3n) is 5.14. The Hall–Kier alpha value is -1.21. The largest absolute Gasteiger partial charge is 0.455 e. The number of halogens is 1. The highest BCUT2D eigenvalue weighted by molar-refractivity contribution is 6.24. The third kappa shape index (κ3) is 2.76. The van der Waals surface area contributed by atoms with Crippen molar-refractivity contribution in [2.75, 3.05) is 13.2 Å². The van der Waals surface area contributed by atoms with Gasteiger partial charge in [-0.15, -0.1) is 18.0 Å². The van der Waals surface area contributed by atoms with Crippen LogP contribution in [-0.4, -0.2) is 29.9 Å². The van der Waals surface area contributed by atoms with Crippen molar-refractivity contribution in [1.82, 2.24) is 5.32 Å². The van der Waals surface area contributed by atoms with E-state index in [-0.39, 0.29) is 29.9 Å². The molecule has 4 aliphatic carbocycles. The molecule has 4 nitrogen and oxygen atoms in total. The zero-order valence-corrected chi connectivity index (χ0v) is 12.7. The van der Waals surface area contributed by atoms with Crippen molar-refractivity contribution in [3.8, 4) is 12.3 Å². The van der Waals surface area contributed by atoms with Gasteiger partial charge in [0.2, 0.25) is 0 Å². The molecule has 0 aromatic carbocycles. The Labute approximate surface area is 129 Å². The minimum Gasteiger partial charge on any atom is -0.455 e. The summed E-state index contributed by atoms with van der Waals surface area (Å²) in [5, 5.41) is 2.49. The van der Waals surface area contributed by atoms with Crippen LogP contribution in [0.5, 0.6) is 0 Å². The van der Waals surface area contributed by atoms with Crippen LogP contribution in [0.1, 0.15) is 38.5 Å². The van der Waals surface area contributed by atoms with Crippen LogP contribution in [0.25, 0.3) is 0 Å². The van der Waals surface area contributed by atoms with Gasteiger partial charge in [0, 0.05) is 4.87 Å². The van der Waals surface area contributed by atoms with Crippen LogP contribution in [0.3, 0.4) is 0 Å². The van der Waals surface area contributed by atoms with Crippen molar-refractivity contribution in [2.45, 2.75) is 43.4 Å². The molecule has 0 radical (unpaired) electrons. The minimum absolute atomic E-state index is 0.149. The maximum atomic E-state index is 12.5. The molecule has 4 aliphatic rings. The topological polar surface area (TPSA) is 55.4 Å². The molecule has 4 atom stereocenters. The van der Waals surface area contributed by atoms with Gasteiger partial charge in [-0.1, -0.05) is 5.92 Å². The van der Waals surface area contributed by atoms with E-state index in [0.717, 1.165) is 25.7 Å². The summed E-state index contributed by atoms with van der Waals surface area (Å²) in [5.41, 5.74) is -0.460. The molecule has 0 aromatic heterocycles. The lowest BCUT2D eigenvalue weighted by Crippen LogP contribution is -2.56. The lowest BCUT2D eigenvalue weighted by atomic mass is 9.49. The van der Waals surface area contributed by atoms with Crippen molar-refractivity contribution in [2.24, 2.45) is 17.3 Å². The van der Waals surface area contributed by atoms with Crippen molar-refractivity contribution < 1.29 is 14.3 Å². The predicted molar refractivity (Wildman–Crippen MR) is 78.5 cm³/mol. The minimum atomic E-state index is -0.460. The van der Waals surface area contributed by atoms with Gasteiger partial charge in [-0.05, 0) is 50.4 Å². The Kier molecular flexibility index (Phi) is 3.65. The van der Waals surface area contributed by atoms with Crippen molar-refractivity contribution in [1.29, 1.82) is 0 Å². The van der Waals surface area contributed by atoms with Crippen molar-refractivity contribution >= 4 is 23.5 Å². The van der Waals surface area contributed by atoms with E-state index in [1.54, 1.807) is 0 Å². The van der Waals surface area contributed by atoms with E-state index in [9.17, 15) is 9.59 Å². The average molecular weight is 310 g/mol. The Morgan fingerprint density at radius 2 is 1.95 bits per heavy atom. The highest BCUT2D eigenvalue weighted by atomic mass is 35.5. The number of nitrogens with one attached hydrogen (secondary N) is 1. The van der Waals surface area contributed by atoms with Gasteiger partial charge in [0.15, 0.2) is 6.61 Å². The fraction of sp³-hybridized carbons (Fsp3) is 0.750. The number of ether oxygens (including phenoxy) is 1. The highest BCUT2D eigenvalue weighted by Crippen LogP contribution is 2.64. The molecule has 21 heavy (non-hydrogen) atoms. The number of carbonyl (C=O) groups excluding carboxylic acids is 2. The molecule has 0 aromatic rings. The summed E-state index contributed by atoms with van der Waals surface area (Å²) in [7, 11) is 0. The lowest BCUT2D eigenvalue weighted by molar-refractivity contribution is -0.171. The summed E-state index contributed by atoms with van der Waals surface area (Å²) >= 11 is 6.69. The van der Waals surface area contributed by atoms with Crippen LogP contribution in [0.2, 0.25) is 0 Å². The summed E-state index contributed by atoms with van der Waals surface area (Å²) in [5.74, 6) is 2.77. The smallest absolute Gasteiger partial charge is 0.312 e. The van der Waals surface area contributed by atoms with Gasteiger partial charge in [0.1, 0.15) is 0 Å². The maximum absolute atomic E-state index is 12.5. The molecular weight excluding hydrogens is 290 g/mol. The summed E-state index contributed by atoms with van der Waals surface area (Å²) in [6.07, 6.45) is 10.7. The summed E-state index contributed by atoms with van der Waals surface area (Å²) in [4.78, 5) is 23.8. The molecule has 0 heterocycles. The van der Waals surface area contributed by atoms with Gasteiger partial charge in [-0.2, -0.15) is 0 Å². The molecule has 4 rings (SSSR count). The molecule has 114 valence electrons. The standard InChI is InChI=1S/C16H20ClNO3/c1-2-3-18-13(19)9-21-14(20)15-5-11-4-12(6-15)8-16(17,7-11)10-15/h1,11-12H,3-10H2,(H,18,19)/t11-,12+,15?,16?. The molecule has 2 unspecified atom stereocenters. The van der Waals surface area contributed by atoms with Crippen molar-refractivity contribution in [3.63, 3.8) is 0 Å². The number of amides is 1. The van der Waals surface area contributed by atoms with Crippen LogP contribution in [0.4, 0.5) is 0 Å². The van der Waals surface area contributed by atoms with Gasteiger partial charge >= 0.3 is 5.97 Å². The number of rotatable bonds is 4. The van der Waals surface area contributed by atoms with Gasteiger partial charge in [0.05, 0.1) is 12.0 Å². The highest BCUT2D eigenvalue weighted by Gasteiger charge is 2.60. The molecule has 5 heteroatoms. The fourth-order valence-electron chi connectivity index (χ4n) is 4.87. The van der Waals surface area contributed by atoms with Gasteiger partial charge in [-0.3, -0.25) is 9.59 Å². The second-order valence-corrected chi connectivity index (χ2v) is 7.75. The van der Waals surface area contributed by atoms with Crippen LogP contribution < -0.4 is 5.32 Å². The molecule has 0 saturated heterocycles. The number of hydrogen-bond donors (Lipinski definition) is 1. The van der Waals surface area contributed by atoms with Crippen LogP contribution in [0, 0.1) is 29.6 Å². The monoisotopic (exact) mass is 309 g/mol. The maximum Gasteiger partial charge on any atom is 0.312 e. The average Bonchev–Trinajstić information content (AvgIpc) is 2.39. The molecule has 1 N–H and O–H groups in total. The second-order valence-electron chi connectivity index (χ2n) is 6.95. The van der Waals surface area contributed by atoms with Crippen LogP contribution in [-0.2, 0) is 14.3 Å². The second kappa shape index (κ2) is 5.21. The summed E-state index contributed by atoms with van der Waals surface area (Å²) in [6.45, 7) is -0.108. The molecule has 0 spiro atoms. The summed E-state index contributed by atoms with van der Waals surface area (Å²) < 4.78 is 5.25. The van der Waals surface area contributed by atoms with E-state index >= 15 is 0 Å². The lowest BCUT2D eigenvalue weighted by Gasteiger charge is -2.58. The zero-order chi connectivity index (χ0) is 15.1. The van der Waals surface area contributed by atoms with E-state index in [1.165, 1.54) is 6.42 Å². The Bertz CT molecular complexity index is 496. The molecular formula is C16H20ClNO3. The molecule has 0 aliphatic heterocycles. The fourth-order valence-corrected chi connectivity index (χ4v) is 5.57. The Morgan fingerprint density at radius 3 is 2.52 bits per heavy atom. The number of terminal acetylenes is 1. The first-order valence-electron chi connectivity index (χ1n) is 7.51. The molecule has 4 bridgehead atoms. The van der Waals surface area contributed by atoms with E-state index in [2.05, 4.69) is 11.2 Å². The molecule has 4 saturated carbocycles. The molecule has 1 amide bonds. The first-order valence-corrected chi connectivity index (χ1v) is 7.89. The first-order chi connectivity index (χ1) is 9.95. The van der Waals surface area contributed by atoms with E-state index in [4.69, 9.17) is 22.8 Å². The van der Waals surface area contributed by atoms with E-state index < -0.39 is 5.41 Å². The van der Waals surface area contributed by atoms with Crippen LogP contribution >= 0.6 is 11.6 Å². The Balaban J connectivity index is 1.62. The van der Waals surface area contributed by atoms with E-state index in [0.29, 0.717) is 18.3 Å². The number of carbonyl (C=O) groups is 2. The normalized spacial score (nSPS) is 39.6. The van der Waals surface area contributed by atoms with Gasteiger partial charge in [0.25, 0.3) is 5.91 Å². The number of esters is 1.